The van der Waals surface area contributed by atoms with E-state index in [2.05, 4.69) is 27.0 Å². The molecule has 0 aromatic heterocycles. The van der Waals surface area contributed by atoms with E-state index in [1.54, 1.807) is 14.0 Å². The highest BCUT2D eigenvalue weighted by molar-refractivity contribution is 6.30. The summed E-state index contributed by atoms with van der Waals surface area (Å²) in [5.41, 5.74) is 0.597. The first-order chi connectivity index (χ1) is 13.8. The van der Waals surface area contributed by atoms with E-state index in [1.165, 1.54) is 10.5 Å². The highest BCUT2D eigenvalue weighted by atomic mass is 35.5. The predicted octanol–water partition coefficient (Wildman–Crippen LogP) is 2.65. The lowest BCUT2D eigenvalue weighted by atomic mass is 9.96. The van der Waals surface area contributed by atoms with Crippen LogP contribution < -0.4 is 16.0 Å². The number of carbonyl (C=O) groups excluding carboxylic acids is 2. The zero-order valence-electron chi connectivity index (χ0n) is 17.3. The summed E-state index contributed by atoms with van der Waals surface area (Å²) in [7, 11) is 1.73. The molecule has 1 aliphatic heterocycles. The summed E-state index contributed by atoms with van der Waals surface area (Å²) >= 11 is 6.14. The number of guanidine groups is 1. The number of urea groups is 1. The molecule has 3 N–H and O–H groups in total. The van der Waals surface area contributed by atoms with Crippen LogP contribution in [0, 0.1) is 0 Å². The lowest BCUT2D eigenvalue weighted by Crippen LogP contribution is -2.43. The molecule has 1 unspecified atom stereocenters. The number of carbonyl (C=O) groups is 2. The van der Waals surface area contributed by atoms with Gasteiger partial charge in [-0.3, -0.25) is 14.7 Å². The van der Waals surface area contributed by atoms with Crippen molar-refractivity contribution in [2.24, 2.45) is 4.99 Å². The molecule has 7 nitrogen and oxygen atoms in total. The molecule has 1 saturated heterocycles. The first-order valence-electron chi connectivity index (χ1n) is 10.2. The van der Waals surface area contributed by atoms with Crippen LogP contribution in [-0.4, -0.2) is 55.0 Å². The van der Waals surface area contributed by atoms with Crippen LogP contribution >= 0.6 is 11.6 Å². The molecule has 3 rings (SSSR count). The van der Waals surface area contributed by atoms with Gasteiger partial charge in [0.25, 0.3) is 5.91 Å². The highest BCUT2D eigenvalue weighted by Crippen LogP contribution is 2.48. The molecule has 0 radical (unpaired) electrons. The molecule has 0 spiro atoms. The van der Waals surface area contributed by atoms with Crippen molar-refractivity contribution < 1.29 is 9.59 Å². The van der Waals surface area contributed by atoms with E-state index in [1.807, 2.05) is 25.1 Å². The van der Waals surface area contributed by atoms with Crippen LogP contribution in [0.25, 0.3) is 0 Å². The molecule has 3 amide bonds. The minimum Gasteiger partial charge on any atom is -0.356 e. The molecule has 158 valence electrons. The number of imide groups is 1. The Balaban J connectivity index is 1.44. The van der Waals surface area contributed by atoms with Gasteiger partial charge in [-0.1, -0.05) is 30.7 Å². The summed E-state index contributed by atoms with van der Waals surface area (Å²) in [6.45, 7) is 5.45. The average molecular weight is 420 g/mol. The summed E-state index contributed by atoms with van der Waals surface area (Å²) in [5, 5.41) is 10.2. The first-order valence-corrected chi connectivity index (χ1v) is 10.6. The number of nitrogens with one attached hydrogen (secondary N) is 3. The lowest BCUT2D eigenvalue weighted by molar-refractivity contribution is -0.130. The standard InChI is InChI=1S/C21H30ClN5O2/c1-4-20(2)17(28)27(19(29)26-20)12-6-11-24-18(23-3)25-14-21(9-10-21)15-7-5-8-16(22)13-15/h5,7-8,13H,4,6,9-12,14H2,1-3H3,(H,26,29)(H2,23,24,25). The van der Waals surface area contributed by atoms with E-state index < -0.39 is 5.54 Å². The fourth-order valence-electron chi connectivity index (χ4n) is 3.64. The Bertz CT molecular complexity index is 808. The third-order valence-electron chi connectivity index (χ3n) is 6.01. The monoisotopic (exact) mass is 419 g/mol. The van der Waals surface area contributed by atoms with Crippen LogP contribution in [0.5, 0.6) is 0 Å². The zero-order chi connectivity index (χ0) is 21.1. The molecular formula is C21H30ClN5O2. The number of halogens is 1. The van der Waals surface area contributed by atoms with Crippen LogP contribution in [0.1, 0.15) is 45.1 Å². The number of rotatable bonds is 8. The molecule has 29 heavy (non-hydrogen) atoms. The van der Waals surface area contributed by atoms with Crippen LogP contribution in [0.15, 0.2) is 29.3 Å². The highest BCUT2D eigenvalue weighted by Gasteiger charge is 2.46. The minimum atomic E-state index is -0.777. The van der Waals surface area contributed by atoms with Gasteiger partial charge in [0.2, 0.25) is 0 Å². The van der Waals surface area contributed by atoms with E-state index >= 15 is 0 Å². The Morgan fingerprint density at radius 2 is 2.07 bits per heavy atom. The maximum Gasteiger partial charge on any atom is 0.325 e. The molecule has 8 heteroatoms. The topological polar surface area (TPSA) is 85.8 Å². The SMILES string of the molecule is CCC1(C)NC(=O)N(CCCNC(=NC)NCC2(c3cccc(Cl)c3)CC2)C1=O. The fourth-order valence-corrected chi connectivity index (χ4v) is 3.83. The maximum atomic E-state index is 12.4. The normalized spacial score (nSPS) is 23.2. The van der Waals surface area contributed by atoms with Crippen molar-refractivity contribution in [3.05, 3.63) is 34.9 Å². The molecule has 1 saturated carbocycles. The number of aliphatic imine (C=N–C) groups is 1. The van der Waals surface area contributed by atoms with Gasteiger partial charge in [-0.2, -0.15) is 0 Å². The van der Waals surface area contributed by atoms with Gasteiger partial charge in [-0.05, 0) is 50.3 Å². The van der Waals surface area contributed by atoms with Gasteiger partial charge >= 0.3 is 6.03 Å². The van der Waals surface area contributed by atoms with Gasteiger partial charge in [0.1, 0.15) is 5.54 Å². The fraction of sp³-hybridized carbons (Fsp3) is 0.571. The van der Waals surface area contributed by atoms with E-state index in [-0.39, 0.29) is 17.4 Å². The van der Waals surface area contributed by atoms with Crippen LogP contribution in [0.2, 0.25) is 5.02 Å². The van der Waals surface area contributed by atoms with Crippen LogP contribution in [0.3, 0.4) is 0 Å². The van der Waals surface area contributed by atoms with Crippen LogP contribution in [0.4, 0.5) is 4.79 Å². The zero-order valence-corrected chi connectivity index (χ0v) is 18.1. The van der Waals surface area contributed by atoms with Gasteiger partial charge in [0.05, 0.1) is 0 Å². The Labute approximate surface area is 177 Å². The largest absolute Gasteiger partial charge is 0.356 e. The van der Waals surface area contributed by atoms with E-state index in [9.17, 15) is 9.59 Å². The third kappa shape index (κ3) is 4.66. The molecule has 2 aliphatic rings. The third-order valence-corrected chi connectivity index (χ3v) is 6.25. The van der Waals surface area contributed by atoms with Gasteiger partial charge in [0, 0.05) is 37.1 Å². The Hall–Kier alpha value is -2.28. The van der Waals surface area contributed by atoms with Gasteiger partial charge in [-0.15, -0.1) is 0 Å². The quantitative estimate of drug-likeness (QED) is 0.262. The molecule has 1 atom stereocenters. The number of hydrogen-bond acceptors (Lipinski definition) is 3. The predicted molar refractivity (Wildman–Crippen MR) is 115 cm³/mol. The van der Waals surface area contributed by atoms with Gasteiger partial charge in [-0.25, -0.2) is 4.79 Å². The summed E-state index contributed by atoms with van der Waals surface area (Å²) in [6, 6.07) is 7.74. The molecule has 0 bridgehead atoms. The summed E-state index contributed by atoms with van der Waals surface area (Å²) in [5.74, 6) is 0.568. The Kier molecular flexibility index (Phi) is 6.36. The number of nitrogens with zero attached hydrogens (tertiary/aromatic N) is 2. The van der Waals surface area contributed by atoms with Crippen molar-refractivity contribution in [1.82, 2.24) is 20.9 Å². The van der Waals surface area contributed by atoms with Crippen molar-refractivity contribution >= 4 is 29.5 Å². The Morgan fingerprint density at radius 1 is 1.31 bits per heavy atom. The molecule has 1 aliphatic carbocycles. The maximum absolute atomic E-state index is 12.4. The van der Waals surface area contributed by atoms with E-state index in [0.29, 0.717) is 31.9 Å². The summed E-state index contributed by atoms with van der Waals surface area (Å²) in [4.78, 5) is 30.0. The smallest absolute Gasteiger partial charge is 0.325 e. The van der Waals surface area contributed by atoms with Gasteiger partial charge < -0.3 is 16.0 Å². The molecule has 2 fully saturated rings. The van der Waals surface area contributed by atoms with Crippen LogP contribution in [-0.2, 0) is 10.2 Å². The Morgan fingerprint density at radius 3 is 2.66 bits per heavy atom. The second kappa shape index (κ2) is 8.61. The van der Waals surface area contributed by atoms with Crippen molar-refractivity contribution in [3.8, 4) is 0 Å². The molecule has 1 heterocycles. The van der Waals surface area contributed by atoms with E-state index in [4.69, 9.17) is 11.6 Å². The van der Waals surface area contributed by atoms with Crippen molar-refractivity contribution in [2.45, 2.75) is 50.5 Å². The molecular weight excluding hydrogens is 390 g/mol. The van der Waals surface area contributed by atoms with Gasteiger partial charge in [0.15, 0.2) is 5.96 Å². The second-order valence-corrected chi connectivity index (χ2v) is 8.51. The minimum absolute atomic E-state index is 0.118. The van der Waals surface area contributed by atoms with Crippen molar-refractivity contribution in [3.63, 3.8) is 0 Å². The first kappa shape index (κ1) is 21.4. The van der Waals surface area contributed by atoms with E-state index in [0.717, 1.165) is 24.4 Å². The summed E-state index contributed by atoms with van der Waals surface area (Å²) < 4.78 is 0. The summed E-state index contributed by atoms with van der Waals surface area (Å²) in [6.07, 6.45) is 3.48. The average Bonchev–Trinajstić information content (AvgIpc) is 3.46. The molecule has 1 aromatic carbocycles. The van der Waals surface area contributed by atoms with Crippen molar-refractivity contribution in [1.29, 1.82) is 0 Å². The lowest BCUT2D eigenvalue weighted by Gasteiger charge is -2.20. The van der Waals surface area contributed by atoms with Crippen molar-refractivity contribution in [2.75, 3.05) is 26.7 Å². The second-order valence-electron chi connectivity index (χ2n) is 8.07. The number of hydrogen-bond donors (Lipinski definition) is 3. The molecule has 1 aromatic rings. The number of amides is 3. The number of benzene rings is 1.